The van der Waals surface area contributed by atoms with Crippen LogP contribution < -0.4 is 11.2 Å². The van der Waals surface area contributed by atoms with Crippen molar-refractivity contribution >= 4 is 5.84 Å². The first-order valence-corrected chi connectivity index (χ1v) is 3.57. The maximum Gasteiger partial charge on any atom is 0.144 e. The third-order valence-corrected chi connectivity index (χ3v) is 1.76. The minimum Gasteiger partial charge on any atom is -0.324 e. The fraction of sp³-hybridized carbons (Fsp3) is 0.286. The molecule has 2 aliphatic rings. The number of amidine groups is 1. The van der Waals surface area contributed by atoms with Gasteiger partial charge in [0.2, 0.25) is 0 Å². The predicted molar refractivity (Wildman–Crippen MR) is 43.5 cm³/mol. The molecule has 4 nitrogen and oxygen atoms in total. The molecule has 0 amide bonds. The molecule has 2 aliphatic heterocycles. The van der Waals surface area contributed by atoms with Gasteiger partial charge in [0.15, 0.2) is 0 Å². The lowest BCUT2D eigenvalue weighted by molar-refractivity contribution is 0.442. The molecule has 0 saturated heterocycles. The summed E-state index contributed by atoms with van der Waals surface area (Å²) in [6.07, 6.45) is 8.14. The first-order valence-electron chi connectivity index (χ1n) is 3.57. The van der Waals surface area contributed by atoms with Gasteiger partial charge in [-0.2, -0.15) is 5.10 Å². The van der Waals surface area contributed by atoms with Gasteiger partial charge in [-0.15, -0.1) is 0 Å². The van der Waals surface area contributed by atoms with Gasteiger partial charge in [0.25, 0.3) is 0 Å². The lowest BCUT2D eigenvalue weighted by atomic mass is 10.3. The fourth-order valence-electron chi connectivity index (χ4n) is 1.20. The summed E-state index contributed by atoms with van der Waals surface area (Å²) in [5, 5.41) is 4.06. The quantitative estimate of drug-likeness (QED) is 0.533. The van der Waals surface area contributed by atoms with Crippen molar-refractivity contribution in [3.63, 3.8) is 0 Å². The Hall–Kier alpha value is -1.29. The highest BCUT2D eigenvalue weighted by molar-refractivity contribution is 5.86. The second-order valence-corrected chi connectivity index (χ2v) is 2.44. The van der Waals surface area contributed by atoms with E-state index in [1.165, 1.54) is 0 Å². The lowest BCUT2D eigenvalue weighted by Crippen LogP contribution is -2.38. The molecule has 0 aromatic heterocycles. The summed E-state index contributed by atoms with van der Waals surface area (Å²) in [6, 6.07) is 0. The van der Waals surface area contributed by atoms with Crippen LogP contribution in [0.15, 0.2) is 29.5 Å². The van der Waals surface area contributed by atoms with E-state index in [1.807, 2.05) is 29.3 Å². The molecule has 58 valence electrons. The first-order chi connectivity index (χ1) is 5.42. The molecule has 1 unspecified atom stereocenters. The van der Waals surface area contributed by atoms with E-state index in [0.717, 1.165) is 5.84 Å². The van der Waals surface area contributed by atoms with Gasteiger partial charge in [-0.1, -0.05) is 6.08 Å². The minimum atomic E-state index is 0.179. The largest absolute Gasteiger partial charge is 0.324 e. The van der Waals surface area contributed by atoms with Crippen molar-refractivity contribution in [2.45, 2.75) is 6.17 Å². The molecule has 0 aromatic rings. The van der Waals surface area contributed by atoms with Crippen LogP contribution in [0.5, 0.6) is 0 Å². The monoisotopic (exact) mass is 150 g/mol. The third-order valence-electron chi connectivity index (χ3n) is 1.76. The van der Waals surface area contributed by atoms with Crippen LogP contribution in [0.2, 0.25) is 0 Å². The Balaban J connectivity index is 2.20. The van der Waals surface area contributed by atoms with Gasteiger partial charge in [0.1, 0.15) is 12.0 Å². The maximum absolute atomic E-state index is 5.47. The molecule has 4 heteroatoms. The van der Waals surface area contributed by atoms with Crippen LogP contribution in [0.4, 0.5) is 0 Å². The van der Waals surface area contributed by atoms with Crippen LogP contribution in [0, 0.1) is 0 Å². The van der Waals surface area contributed by atoms with Crippen molar-refractivity contribution in [1.82, 2.24) is 10.3 Å². The highest BCUT2D eigenvalue weighted by Gasteiger charge is 2.23. The van der Waals surface area contributed by atoms with Crippen molar-refractivity contribution in [2.24, 2.45) is 10.8 Å². The highest BCUT2D eigenvalue weighted by Crippen LogP contribution is 2.11. The van der Waals surface area contributed by atoms with Crippen molar-refractivity contribution in [2.75, 3.05) is 6.54 Å². The Morgan fingerprint density at radius 2 is 2.55 bits per heavy atom. The number of hydrazone groups is 1. The summed E-state index contributed by atoms with van der Waals surface area (Å²) in [4.78, 5) is 2.01. The zero-order chi connectivity index (χ0) is 7.68. The van der Waals surface area contributed by atoms with Gasteiger partial charge in [-0.25, -0.2) is 0 Å². The smallest absolute Gasteiger partial charge is 0.144 e. The van der Waals surface area contributed by atoms with Crippen LogP contribution in [0.3, 0.4) is 0 Å². The maximum atomic E-state index is 5.47. The second kappa shape index (κ2) is 2.39. The molecule has 0 fully saturated rings. The second-order valence-electron chi connectivity index (χ2n) is 2.44. The molecule has 0 spiro atoms. The van der Waals surface area contributed by atoms with Crippen LogP contribution in [0.25, 0.3) is 0 Å². The Kier molecular flexibility index (Phi) is 1.40. The molecule has 11 heavy (non-hydrogen) atoms. The molecule has 0 aliphatic carbocycles. The minimum absolute atomic E-state index is 0.179. The van der Waals surface area contributed by atoms with E-state index in [1.54, 1.807) is 0 Å². The molecular formula is C7H10N4. The Labute approximate surface area is 65.1 Å². The van der Waals surface area contributed by atoms with E-state index >= 15 is 0 Å². The predicted octanol–water partition coefficient (Wildman–Crippen LogP) is -0.427. The van der Waals surface area contributed by atoms with Gasteiger partial charge >= 0.3 is 0 Å². The summed E-state index contributed by atoms with van der Waals surface area (Å²) >= 11 is 0. The number of nitrogens with two attached hydrogens (primary N) is 1. The molecule has 3 N–H and O–H groups in total. The fourth-order valence-corrected chi connectivity index (χ4v) is 1.20. The van der Waals surface area contributed by atoms with Crippen LogP contribution in [-0.2, 0) is 0 Å². The third kappa shape index (κ3) is 0.914. The molecule has 2 rings (SSSR count). The number of rotatable bonds is 1. The van der Waals surface area contributed by atoms with E-state index in [4.69, 9.17) is 5.73 Å². The van der Waals surface area contributed by atoms with E-state index in [9.17, 15) is 0 Å². The van der Waals surface area contributed by atoms with Crippen LogP contribution in [-0.4, -0.2) is 23.4 Å². The van der Waals surface area contributed by atoms with Gasteiger partial charge in [0, 0.05) is 6.20 Å². The number of hydrogen-bond acceptors (Lipinski definition) is 4. The van der Waals surface area contributed by atoms with E-state index in [2.05, 4.69) is 10.5 Å². The van der Waals surface area contributed by atoms with Crippen molar-refractivity contribution in [3.8, 4) is 0 Å². The molecule has 2 heterocycles. The molecule has 0 bridgehead atoms. The molecule has 0 radical (unpaired) electrons. The Bertz CT molecular complexity index is 241. The zero-order valence-corrected chi connectivity index (χ0v) is 6.07. The van der Waals surface area contributed by atoms with E-state index < -0.39 is 0 Å². The summed E-state index contributed by atoms with van der Waals surface area (Å²) in [7, 11) is 0. The number of hydrogen-bond donors (Lipinski definition) is 2. The lowest BCUT2D eigenvalue weighted by Gasteiger charge is -2.21. The Morgan fingerprint density at radius 3 is 3.36 bits per heavy atom. The van der Waals surface area contributed by atoms with E-state index in [0.29, 0.717) is 6.54 Å². The number of nitrogens with zero attached hydrogens (tertiary/aromatic N) is 2. The highest BCUT2D eigenvalue weighted by atomic mass is 15.5. The molecular weight excluding hydrogens is 140 g/mol. The summed E-state index contributed by atoms with van der Waals surface area (Å²) in [6.45, 7) is 0.474. The van der Waals surface area contributed by atoms with Gasteiger partial charge in [0.05, 0.1) is 6.54 Å². The summed E-state index contributed by atoms with van der Waals surface area (Å²) in [5.41, 5.74) is 8.43. The van der Waals surface area contributed by atoms with Crippen molar-refractivity contribution < 1.29 is 0 Å². The number of fused-ring (bicyclic) bond motifs is 1. The molecule has 0 saturated carbocycles. The Morgan fingerprint density at radius 1 is 1.64 bits per heavy atom. The number of allylic oxidation sites excluding steroid dienone is 2. The van der Waals surface area contributed by atoms with Crippen molar-refractivity contribution in [1.29, 1.82) is 0 Å². The SMILES string of the molecule is NCC1=NNC2C=CC=CN12. The summed E-state index contributed by atoms with van der Waals surface area (Å²) < 4.78 is 0. The van der Waals surface area contributed by atoms with Crippen molar-refractivity contribution in [3.05, 3.63) is 24.4 Å². The topological polar surface area (TPSA) is 53.6 Å². The van der Waals surface area contributed by atoms with Crippen LogP contribution in [0.1, 0.15) is 0 Å². The average Bonchev–Trinajstić information content (AvgIpc) is 2.47. The van der Waals surface area contributed by atoms with Crippen LogP contribution >= 0.6 is 0 Å². The normalized spacial score (nSPS) is 26.5. The standard InChI is InChI=1S/C7H10N4/c8-5-7-10-9-6-3-1-2-4-11(6)7/h1-4,6,9H,5,8H2. The summed E-state index contributed by atoms with van der Waals surface area (Å²) in [5.74, 6) is 0.885. The molecule has 0 aromatic carbocycles. The van der Waals surface area contributed by atoms with Gasteiger partial charge < -0.3 is 10.6 Å². The average molecular weight is 150 g/mol. The zero-order valence-electron chi connectivity index (χ0n) is 6.07. The van der Waals surface area contributed by atoms with Gasteiger partial charge in [-0.3, -0.25) is 5.43 Å². The van der Waals surface area contributed by atoms with Gasteiger partial charge in [-0.05, 0) is 12.2 Å². The first kappa shape index (κ1) is 6.42. The molecule has 1 atom stereocenters. The number of nitrogens with one attached hydrogen (secondary N) is 1. The van der Waals surface area contributed by atoms with E-state index in [-0.39, 0.29) is 6.17 Å².